The summed E-state index contributed by atoms with van der Waals surface area (Å²) in [6, 6.07) is 8.50. The second-order valence-corrected chi connectivity index (χ2v) is 6.26. The summed E-state index contributed by atoms with van der Waals surface area (Å²) in [5, 5.41) is 13.9. The fraction of sp³-hybridized carbons (Fsp3) is 0.600. The third-order valence-corrected chi connectivity index (χ3v) is 4.62. The van der Waals surface area contributed by atoms with Crippen LogP contribution < -0.4 is 5.32 Å². The second kappa shape index (κ2) is 6.18. The molecule has 2 N–H and O–H groups in total. The predicted octanol–water partition coefficient (Wildman–Crippen LogP) is 3.79. The van der Waals surface area contributed by atoms with Gasteiger partial charge in [0.1, 0.15) is 0 Å². The molecule has 1 atom stereocenters. The summed E-state index contributed by atoms with van der Waals surface area (Å²) in [6.07, 6.45) is 5.44. The van der Waals surface area contributed by atoms with E-state index in [0.29, 0.717) is 6.54 Å². The molecule has 0 heterocycles. The molecule has 0 unspecified atom stereocenters. The van der Waals surface area contributed by atoms with Gasteiger partial charge in [0.05, 0.1) is 5.60 Å². The zero-order valence-corrected chi connectivity index (χ0v) is 12.5. The van der Waals surface area contributed by atoms with E-state index in [4.69, 9.17) is 0 Å². The minimum atomic E-state index is -0.492. The third-order valence-electron chi connectivity index (χ3n) is 3.89. The molecule has 0 amide bonds. The molecule has 1 aliphatic rings. The lowest BCUT2D eigenvalue weighted by molar-refractivity contribution is 0.00299. The maximum Gasteiger partial charge on any atom is 0.0771 e. The van der Waals surface area contributed by atoms with Gasteiger partial charge in [-0.3, -0.25) is 0 Å². The number of hydrogen-bond donors (Lipinski definition) is 2. The lowest BCUT2D eigenvalue weighted by Gasteiger charge is -2.33. The molecule has 3 heteroatoms. The van der Waals surface area contributed by atoms with Gasteiger partial charge in [-0.15, -0.1) is 0 Å². The number of aliphatic hydroxyl groups is 1. The first-order valence-electron chi connectivity index (χ1n) is 6.81. The highest BCUT2D eigenvalue weighted by molar-refractivity contribution is 9.10. The molecule has 2 nitrogen and oxygen atoms in total. The Kier molecular flexibility index (Phi) is 4.82. The maximum absolute atomic E-state index is 10.5. The molecule has 1 fully saturated rings. The standard InChI is InChI=1S/C15H22BrNO/c1-12(13-7-3-4-8-14(13)16)17-11-15(18)9-5-2-6-10-15/h3-4,7-8,12,17-18H,2,5-6,9-11H2,1H3/t12-/m1/s1. The zero-order valence-electron chi connectivity index (χ0n) is 11.0. The Bertz CT molecular complexity index is 388. The molecule has 0 radical (unpaired) electrons. The molecule has 1 aromatic rings. The highest BCUT2D eigenvalue weighted by Crippen LogP contribution is 2.29. The Balaban J connectivity index is 1.92. The SMILES string of the molecule is C[C@@H](NCC1(O)CCCCC1)c1ccccc1Br. The topological polar surface area (TPSA) is 32.3 Å². The first kappa shape index (κ1) is 14.0. The van der Waals surface area contributed by atoms with E-state index in [9.17, 15) is 5.11 Å². The third kappa shape index (κ3) is 3.56. The Morgan fingerprint density at radius 1 is 1.28 bits per heavy atom. The largest absolute Gasteiger partial charge is 0.389 e. The van der Waals surface area contributed by atoms with Crippen LogP contribution in [0.5, 0.6) is 0 Å². The summed E-state index contributed by atoms with van der Waals surface area (Å²) < 4.78 is 1.13. The van der Waals surface area contributed by atoms with Crippen LogP contribution in [0.1, 0.15) is 50.6 Å². The van der Waals surface area contributed by atoms with Crippen molar-refractivity contribution in [2.75, 3.05) is 6.54 Å². The van der Waals surface area contributed by atoms with Gasteiger partial charge < -0.3 is 10.4 Å². The average molecular weight is 312 g/mol. The van der Waals surface area contributed by atoms with Crippen LogP contribution in [0.25, 0.3) is 0 Å². The molecule has 0 aliphatic heterocycles. The lowest BCUT2D eigenvalue weighted by Crippen LogP contribution is -2.42. The van der Waals surface area contributed by atoms with Gasteiger partial charge in [0.15, 0.2) is 0 Å². The second-order valence-electron chi connectivity index (χ2n) is 5.41. The van der Waals surface area contributed by atoms with Crippen molar-refractivity contribution in [3.05, 3.63) is 34.3 Å². The van der Waals surface area contributed by atoms with E-state index >= 15 is 0 Å². The van der Waals surface area contributed by atoms with Crippen LogP contribution in [-0.4, -0.2) is 17.3 Å². The minimum Gasteiger partial charge on any atom is -0.389 e. The maximum atomic E-state index is 10.5. The van der Waals surface area contributed by atoms with Crippen molar-refractivity contribution in [3.8, 4) is 0 Å². The number of benzene rings is 1. The van der Waals surface area contributed by atoms with E-state index in [1.54, 1.807) is 0 Å². The van der Waals surface area contributed by atoms with Crippen LogP contribution in [0, 0.1) is 0 Å². The van der Waals surface area contributed by atoms with Crippen LogP contribution in [0.2, 0.25) is 0 Å². The average Bonchev–Trinajstić information content (AvgIpc) is 2.38. The van der Waals surface area contributed by atoms with Gasteiger partial charge in [-0.1, -0.05) is 53.4 Å². The fourth-order valence-corrected chi connectivity index (χ4v) is 3.29. The van der Waals surface area contributed by atoms with Crippen molar-refractivity contribution in [1.82, 2.24) is 5.32 Å². The van der Waals surface area contributed by atoms with Crippen molar-refractivity contribution < 1.29 is 5.11 Å². The van der Waals surface area contributed by atoms with Crippen molar-refractivity contribution in [3.63, 3.8) is 0 Å². The number of rotatable bonds is 4. The molecule has 18 heavy (non-hydrogen) atoms. The highest BCUT2D eigenvalue weighted by atomic mass is 79.9. The van der Waals surface area contributed by atoms with Crippen LogP contribution in [0.4, 0.5) is 0 Å². The van der Waals surface area contributed by atoms with Gasteiger partial charge in [-0.25, -0.2) is 0 Å². The summed E-state index contributed by atoms with van der Waals surface area (Å²) in [6.45, 7) is 2.84. The van der Waals surface area contributed by atoms with Crippen LogP contribution in [0.15, 0.2) is 28.7 Å². The van der Waals surface area contributed by atoms with E-state index in [1.807, 2.05) is 12.1 Å². The lowest BCUT2D eigenvalue weighted by atomic mass is 9.84. The molecule has 0 bridgehead atoms. The Morgan fingerprint density at radius 3 is 2.61 bits per heavy atom. The highest BCUT2D eigenvalue weighted by Gasteiger charge is 2.29. The molecular formula is C15H22BrNO. The monoisotopic (exact) mass is 311 g/mol. The first-order chi connectivity index (χ1) is 8.61. The first-order valence-corrected chi connectivity index (χ1v) is 7.60. The van der Waals surface area contributed by atoms with E-state index in [2.05, 4.69) is 40.3 Å². The van der Waals surface area contributed by atoms with E-state index < -0.39 is 5.60 Å². The van der Waals surface area contributed by atoms with Crippen molar-refractivity contribution in [2.24, 2.45) is 0 Å². The van der Waals surface area contributed by atoms with Crippen molar-refractivity contribution in [2.45, 2.75) is 50.7 Å². The molecule has 1 aliphatic carbocycles. The fourth-order valence-electron chi connectivity index (χ4n) is 2.67. The summed E-state index contributed by atoms with van der Waals surface area (Å²) in [7, 11) is 0. The Hall–Kier alpha value is -0.380. The molecule has 1 aromatic carbocycles. The Morgan fingerprint density at radius 2 is 1.94 bits per heavy atom. The van der Waals surface area contributed by atoms with Crippen LogP contribution in [-0.2, 0) is 0 Å². The smallest absolute Gasteiger partial charge is 0.0771 e. The summed E-state index contributed by atoms with van der Waals surface area (Å²) in [5.74, 6) is 0. The van der Waals surface area contributed by atoms with Gasteiger partial charge in [-0.2, -0.15) is 0 Å². The zero-order chi connectivity index (χ0) is 13.0. The van der Waals surface area contributed by atoms with Crippen LogP contribution >= 0.6 is 15.9 Å². The summed E-state index contributed by atoms with van der Waals surface area (Å²) in [5.41, 5.74) is 0.755. The van der Waals surface area contributed by atoms with E-state index in [0.717, 1.165) is 30.2 Å². The molecule has 0 aromatic heterocycles. The van der Waals surface area contributed by atoms with Gasteiger partial charge in [-0.05, 0) is 31.4 Å². The normalized spacial score (nSPS) is 20.6. The molecular weight excluding hydrogens is 290 g/mol. The van der Waals surface area contributed by atoms with Gasteiger partial charge in [0.2, 0.25) is 0 Å². The predicted molar refractivity (Wildman–Crippen MR) is 78.6 cm³/mol. The summed E-state index contributed by atoms with van der Waals surface area (Å²) >= 11 is 3.57. The number of hydrogen-bond acceptors (Lipinski definition) is 2. The van der Waals surface area contributed by atoms with E-state index in [-0.39, 0.29) is 6.04 Å². The van der Waals surface area contributed by atoms with E-state index in [1.165, 1.54) is 12.0 Å². The quantitative estimate of drug-likeness (QED) is 0.886. The van der Waals surface area contributed by atoms with Gasteiger partial charge in [0, 0.05) is 17.1 Å². The number of halogens is 1. The molecule has 100 valence electrons. The molecule has 0 spiro atoms. The minimum absolute atomic E-state index is 0.256. The molecule has 2 rings (SSSR count). The van der Waals surface area contributed by atoms with Gasteiger partial charge >= 0.3 is 0 Å². The van der Waals surface area contributed by atoms with Crippen LogP contribution in [0.3, 0.4) is 0 Å². The molecule has 0 saturated heterocycles. The summed E-state index contributed by atoms with van der Waals surface area (Å²) in [4.78, 5) is 0. The van der Waals surface area contributed by atoms with Crippen molar-refractivity contribution >= 4 is 15.9 Å². The Labute approximate surface area is 118 Å². The number of nitrogens with one attached hydrogen (secondary N) is 1. The van der Waals surface area contributed by atoms with Crippen molar-refractivity contribution in [1.29, 1.82) is 0 Å². The molecule has 1 saturated carbocycles. The van der Waals surface area contributed by atoms with Gasteiger partial charge in [0.25, 0.3) is 0 Å².